The molecule has 29 heavy (non-hydrogen) atoms. The van der Waals surface area contributed by atoms with E-state index in [1.54, 1.807) is 12.1 Å². The Balaban J connectivity index is 1.63. The summed E-state index contributed by atoms with van der Waals surface area (Å²) >= 11 is 0. The Kier molecular flexibility index (Phi) is 4.70. The smallest absolute Gasteiger partial charge is 0.262 e. The number of hydrogen-bond acceptors (Lipinski definition) is 6. The molecule has 0 radical (unpaired) electrons. The van der Waals surface area contributed by atoms with Crippen molar-refractivity contribution in [2.24, 2.45) is 5.73 Å². The summed E-state index contributed by atoms with van der Waals surface area (Å²) < 4.78 is 27.7. The van der Waals surface area contributed by atoms with Crippen LogP contribution < -0.4 is 11.1 Å². The summed E-state index contributed by atoms with van der Waals surface area (Å²) in [6, 6.07) is 3.07. The number of benzene rings is 1. The molecule has 2 fully saturated rings. The molecule has 8 nitrogen and oxygen atoms in total. The zero-order chi connectivity index (χ0) is 20.9. The summed E-state index contributed by atoms with van der Waals surface area (Å²) in [5, 5.41) is 2.14. The Labute approximate surface area is 165 Å². The van der Waals surface area contributed by atoms with E-state index in [1.807, 2.05) is 0 Å². The minimum atomic E-state index is -2.86. The molecule has 0 aliphatic carbocycles. The van der Waals surface area contributed by atoms with Gasteiger partial charge in [0.1, 0.15) is 6.04 Å². The van der Waals surface area contributed by atoms with Crippen molar-refractivity contribution >= 4 is 23.6 Å². The van der Waals surface area contributed by atoms with Crippen LogP contribution in [0.15, 0.2) is 18.2 Å². The second kappa shape index (κ2) is 6.96. The maximum atomic E-state index is 13.8. The summed E-state index contributed by atoms with van der Waals surface area (Å²) in [6.45, 7) is -0.375. The zero-order valence-electron chi connectivity index (χ0n) is 15.5. The van der Waals surface area contributed by atoms with Crippen LogP contribution in [0.3, 0.4) is 0 Å². The van der Waals surface area contributed by atoms with Gasteiger partial charge < -0.3 is 5.73 Å². The summed E-state index contributed by atoms with van der Waals surface area (Å²) in [7, 11) is 0. The minimum absolute atomic E-state index is 0.0255. The van der Waals surface area contributed by atoms with Crippen LogP contribution in [0.4, 0.5) is 8.78 Å². The summed E-state index contributed by atoms with van der Waals surface area (Å²) in [5.74, 6) is -5.28. The van der Waals surface area contributed by atoms with Gasteiger partial charge in [0.15, 0.2) is 0 Å². The SMILES string of the molecule is NCC1CC(F)(F)CN1Cc1cccc2c1C(=O)N(C1CCC(=O)NC1=O)C2=O. The lowest BCUT2D eigenvalue weighted by Gasteiger charge is -2.28. The molecular formula is C19H20F2N4O4. The van der Waals surface area contributed by atoms with Gasteiger partial charge in [0.2, 0.25) is 11.8 Å². The lowest BCUT2D eigenvalue weighted by Crippen LogP contribution is -2.54. The Hall–Kier alpha value is -2.72. The highest BCUT2D eigenvalue weighted by Gasteiger charge is 2.47. The van der Waals surface area contributed by atoms with Crippen LogP contribution in [0.5, 0.6) is 0 Å². The van der Waals surface area contributed by atoms with Crippen LogP contribution in [0, 0.1) is 0 Å². The van der Waals surface area contributed by atoms with Crippen molar-refractivity contribution in [3.05, 3.63) is 34.9 Å². The Morgan fingerprint density at radius 2 is 1.93 bits per heavy atom. The Morgan fingerprint density at radius 3 is 2.62 bits per heavy atom. The molecule has 154 valence electrons. The van der Waals surface area contributed by atoms with Gasteiger partial charge in [-0.05, 0) is 18.1 Å². The molecule has 3 aliphatic rings. The van der Waals surface area contributed by atoms with Crippen LogP contribution in [0.1, 0.15) is 45.5 Å². The number of carbonyl (C=O) groups is 4. The Morgan fingerprint density at radius 1 is 1.17 bits per heavy atom. The molecule has 0 saturated carbocycles. The van der Waals surface area contributed by atoms with Gasteiger partial charge in [-0.1, -0.05) is 12.1 Å². The van der Waals surface area contributed by atoms with E-state index < -0.39 is 48.2 Å². The molecule has 2 atom stereocenters. The van der Waals surface area contributed by atoms with Gasteiger partial charge in [-0.25, -0.2) is 8.78 Å². The summed E-state index contributed by atoms with van der Waals surface area (Å²) in [4.78, 5) is 51.8. The molecule has 1 aromatic carbocycles. The molecule has 2 saturated heterocycles. The van der Waals surface area contributed by atoms with E-state index in [-0.39, 0.29) is 43.5 Å². The lowest BCUT2D eigenvalue weighted by atomic mass is 10.0. The number of imide groups is 2. The van der Waals surface area contributed by atoms with Crippen LogP contribution >= 0.6 is 0 Å². The quantitative estimate of drug-likeness (QED) is 0.694. The average molecular weight is 406 g/mol. The molecule has 3 N–H and O–H groups in total. The molecule has 4 rings (SSSR count). The van der Waals surface area contributed by atoms with Crippen molar-refractivity contribution in [3.63, 3.8) is 0 Å². The molecule has 0 bridgehead atoms. The topological polar surface area (TPSA) is 113 Å². The van der Waals surface area contributed by atoms with E-state index in [1.165, 1.54) is 11.0 Å². The van der Waals surface area contributed by atoms with Gasteiger partial charge in [-0.3, -0.25) is 34.3 Å². The van der Waals surface area contributed by atoms with Gasteiger partial charge >= 0.3 is 0 Å². The molecule has 0 aromatic heterocycles. The van der Waals surface area contributed by atoms with Crippen molar-refractivity contribution in [1.82, 2.24) is 15.1 Å². The first-order valence-corrected chi connectivity index (χ1v) is 9.37. The number of nitrogens with two attached hydrogens (primary N) is 1. The summed E-state index contributed by atoms with van der Waals surface area (Å²) in [6.07, 6.45) is -0.273. The van der Waals surface area contributed by atoms with Gasteiger partial charge in [0.25, 0.3) is 17.7 Å². The predicted molar refractivity (Wildman–Crippen MR) is 95.9 cm³/mol. The molecule has 3 heterocycles. The van der Waals surface area contributed by atoms with E-state index in [4.69, 9.17) is 5.73 Å². The number of halogens is 2. The lowest BCUT2D eigenvalue weighted by molar-refractivity contribution is -0.136. The first-order valence-electron chi connectivity index (χ1n) is 9.37. The highest BCUT2D eigenvalue weighted by Crippen LogP contribution is 2.35. The normalized spacial score (nSPS) is 26.8. The third kappa shape index (κ3) is 3.32. The van der Waals surface area contributed by atoms with Crippen molar-refractivity contribution in [1.29, 1.82) is 0 Å². The number of nitrogens with one attached hydrogen (secondary N) is 1. The number of alkyl halides is 2. The third-order valence-corrected chi connectivity index (χ3v) is 5.68. The van der Waals surface area contributed by atoms with Crippen molar-refractivity contribution in [2.75, 3.05) is 13.1 Å². The van der Waals surface area contributed by atoms with Gasteiger partial charge in [0.05, 0.1) is 17.7 Å². The van der Waals surface area contributed by atoms with Crippen LogP contribution in [0.2, 0.25) is 0 Å². The standard InChI is InChI=1S/C19H20F2N4O4/c20-19(21)6-11(7-22)24(9-19)8-10-2-1-3-12-15(10)18(29)25(17(12)28)13-4-5-14(26)23-16(13)27/h1-3,11,13H,4-9,22H2,(H,23,26,27). The number of fused-ring (bicyclic) bond motifs is 1. The van der Waals surface area contributed by atoms with E-state index in [0.717, 1.165) is 4.90 Å². The molecule has 2 unspecified atom stereocenters. The van der Waals surface area contributed by atoms with E-state index in [0.29, 0.717) is 5.56 Å². The fourth-order valence-electron chi connectivity index (χ4n) is 4.32. The molecule has 3 aliphatic heterocycles. The van der Waals surface area contributed by atoms with E-state index >= 15 is 0 Å². The van der Waals surface area contributed by atoms with Gasteiger partial charge in [-0.15, -0.1) is 0 Å². The van der Waals surface area contributed by atoms with Crippen LogP contribution in [-0.4, -0.2) is 64.5 Å². The fraction of sp³-hybridized carbons (Fsp3) is 0.474. The van der Waals surface area contributed by atoms with Gasteiger partial charge in [0, 0.05) is 32.0 Å². The first kappa shape index (κ1) is 19.6. The van der Waals surface area contributed by atoms with Crippen molar-refractivity contribution < 1.29 is 28.0 Å². The largest absolute Gasteiger partial charge is 0.329 e. The third-order valence-electron chi connectivity index (χ3n) is 5.68. The second-order valence-corrected chi connectivity index (χ2v) is 7.64. The first-order chi connectivity index (χ1) is 13.7. The number of hydrogen-bond donors (Lipinski definition) is 2. The number of amides is 4. The summed E-state index contributed by atoms with van der Waals surface area (Å²) in [5.41, 5.74) is 6.32. The average Bonchev–Trinajstić information content (AvgIpc) is 3.09. The van der Waals surface area contributed by atoms with E-state index in [2.05, 4.69) is 5.32 Å². The Bertz CT molecular complexity index is 919. The van der Waals surface area contributed by atoms with Crippen LogP contribution in [0.25, 0.3) is 0 Å². The molecule has 0 spiro atoms. The number of carbonyl (C=O) groups excluding carboxylic acids is 4. The van der Waals surface area contributed by atoms with Crippen LogP contribution in [-0.2, 0) is 16.1 Å². The highest BCUT2D eigenvalue weighted by atomic mass is 19.3. The number of nitrogens with zero attached hydrogens (tertiary/aromatic N) is 2. The van der Waals surface area contributed by atoms with Crippen molar-refractivity contribution in [3.8, 4) is 0 Å². The molecular weight excluding hydrogens is 386 g/mol. The maximum absolute atomic E-state index is 13.8. The second-order valence-electron chi connectivity index (χ2n) is 7.64. The van der Waals surface area contributed by atoms with Gasteiger partial charge in [-0.2, -0.15) is 0 Å². The number of piperidine rings is 1. The fourth-order valence-corrected chi connectivity index (χ4v) is 4.32. The molecule has 4 amide bonds. The maximum Gasteiger partial charge on any atom is 0.262 e. The molecule has 10 heteroatoms. The van der Waals surface area contributed by atoms with Crippen molar-refractivity contribution in [2.45, 2.75) is 43.8 Å². The van der Waals surface area contributed by atoms with E-state index in [9.17, 15) is 28.0 Å². The predicted octanol–water partition coefficient (Wildman–Crippen LogP) is 0.256. The minimum Gasteiger partial charge on any atom is -0.329 e. The zero-order valence-corrected chi connectivity index (χ0v) is 15.5. The highest BCUT2D eigenvalue weighted by molar-refractivity contribution is 6.24. The number of likely N-dealkylation sites (tertiary alicyclic amines) is 1. The monoisotopic (exact) mass is 406 g/mol. The number of rotatable bonds is 4. The molecule has 1 aromatic rings.